The standard InChI is InChI=1S/C21H19F4N3O2.CH4O/c22-15-4-6-16(7-5-15)26-8-10-27(11-9-26)18-13-19(29)28(20(18)30)17-3-1-2-14(12-17)21(23,24)25;1-2/h1-7,12,18H,8-11,13H2;2H,1H3. The van der Waals surface area contributed by atoms with Gasteiger partial charge in [-0.05, 0) is 42.5 Å². The summed E-state index contributed by atoms with van der Waals surface area (Å²) in [6, 6.07) is 9.69. The Labute approximate surface area is 182 Å². The molecule has 0 bridgehead atoms. The second-order valence-electron chi connectivity index (χ2n) is 7.33. The van der Waals surface area contributed by atoms with Gasteiger partial charge in [0.1, 0.15) is 5.82 Å². The van der Waals surface area contributed by atoms with Crippen molar-refractivity contribution in [2.45, 2.75) is 18.6 Å². The van der Waals surface area contributed by atoms with Crippen molar-refractivity contribution in [2.75, 3.05) is 43.1 Å². The van der Waals surface area contributed by atoms with Crippen molar-refractivity contribution >= 4 is 23.2 Å². The van der Waals surface area contributed by atoms with Gasteiger partial charge in [-0.3, -0.25) is 14.5 Å². The van der Waals surface area contributed by atoms with Crippen LogP contribution in [0.1, 0.15) is 12.0 Å². The molecule has 0 spiro atoms. The van der Waals surface area contributed by atoms with E-state index in [0.29, 0.717) is 26.2 Å². The number of nitrogens with zero attached hydrogens (tertiary/aromatic N) is 3. The molecule has 2 aromatic rings. The molecule has 2 aliphatic rings. The number of aliphatic hydroxyl groups is 1. The Hall–Kier alpha value is -2.98. The van der Waals surface area contributed by atoms with Crippen LogP contribution in [0.25, 0.3) is 0 Å². The predicted octanol–water partition coefficient (Wildman–Crippen LogP) is 2.91. The fourth-order valence-corrected chi connectivity index (χ4v) is 3.94. The van der Waals surface area contributed by atoms with Crippen molar-refractivity contribution in [1.82, 2.24) is 4.90 Å². The minimum absolute atomic E-state index is 0.0627. The molecule has 0 aliphatic carbocycles. The molecule has 2 aromatic carbocycles. The van der Waals surface area contributed by atoms with Crippen molar-refractivity contribution < 1.29 is 32.3 Å². The molecule has 2 amide bonds. The van der Waals surface area contributed by atoms with Gasteiger partial charge >= 0.3 is 6.18 Å². The van der Waals surface area contributed by atoms with Crippen LogP contribution in [0.4, 0.5) is 28.9 Å². The van der Waals surface area contributed by atoms with Gasteiger partial charge in [0.15, 0.2) is 0 Å². The normalized spacial score (nSPS) is 19.8. The zero-order valence-corrected chi connectivity index (χ0v) is 17.3. The second kappa shape index (κ2) is 9.66. The Balaban J connectivity index is 0.00000141. The molecule has 2 heterocycles. The van der Waals surface area contributed by atoms with Crippen molar-refractivity contribution in [3.63, 3.8) is 0 Å². The van der Waals surface area contributed by atoms with Crippen LogP contribution in [-0.2, 0) is 15.8 Å². The number of piperazine rings is 1. The average Bonchev–Trinajstić information content (AvgIpc) is 3.09. The van der Waals surface area contributed by atoms with E-state index in [0.717, 1.165) is 29.8 Å². The summed E-state index contributed by atoms with van der Waals surface area (Å²) in [5.74, 6) is -1.33. The third-order valence-corrected chi connectivity index (χ3v) is 5.50. The van der Waals surface area contributed by atoms with Gasteiger partial charge in [0.05, 0.1) is 23.7 Å². The Morgan fingerprint density at radius 3 is 2.12 bits per heavy atom. The van der Waals surface area contributed by atoms with Crippen LogP contribution >= 0.6 is 0 Å². The van der Waals surface area contributed by atoms with Gasteiger partial charge in [0.25, 0.3) is 5.91 Å². The smallest absolute Gasteiger partial charge is 0.400 e. The van der Waals surface area contributed by atoms with Crippen molar-refractivity contribution in [3.05, 3.63) is 59.9 Å². The highest BCUT2D eigenvalue weighted by Crippen LogP contribution is 2.34. The lowest BCUT2D eigenvalue weighted by molar-refractivity contribution is -0.137. The van der Waals surface area contributed by atoms with Gasteiger partial charge in [-0.25, -0.2) is 9.29 Å². The van der Waals surface area contributed by atoms with Crippen LogP contribution in [0.2, 0.25) is 0 Å². The SMILES string of the molecule is CO.O=C1CC(N2CCN(c3ccc(F)cc3)CC2)C(=O)N1c1cccc(C(F)(F)F)c1. The van der Waals surface area contributed by atoms with E-state index in [2.05, 4.69) is 4.90 Å². The molecule has 172 valence electrons. The first-order chi connectivity index (χ1) is 15.2. The number of alkyl halides is 3. The monoisotopic (exact) mass is 453 g/mol. The molecule has 0 saturated carbocycles. The van der Waals surface area contributed by atoms with Gasteiger partial charge in [-0.15, -0.1) is 0 Å². The minimum Gasteiger partial charge on any atom is -0.400 e. The van der Waals surface area contributed by atoms with Crippen LogP contribution in [-0.4, -0.2) is 61.2 Å². The van der Waals surface area contributed by atoms with Gasteiger partial charge in [0.2, 0.25) is 5.91 Å². The number of rotatable bonds is 3. The van der Waals surface area contributed by atoms with Gasteiger partial charge < -0.3 is 10.0 Å². The molecule has 10 heteroatoms. The minimum atomic E-state index is -4.56. The van der Waals surface area contributed by atoms with Crippen LogP contribution < -0.4 is 9.80 Å². The van der Waals surface area contributed by atoms with E-state index in [1.165, 1.54) is 24.3 Å². The summed E-state index contributed by atoms with van der Waals surface area (Å²) >= 11 is 0. The first kappa shape index (κ1) is 23.7. The molecule has 0 radical (unpaired) electrons. The number of halogens is 4. The predicted molar refractivity (Wildman–Crippen MR) is 111 cm³/mol. The molecule has 4 rings (SSSR count). The number of carbonyl (C=O) groups excluding carboxylic acids is 2. The average molecular weight is 453 g/mol. The topological polar surface area (TPSA) is 64.1 Å². The highest BCUT2D eigenvalue weighted by molar-refractivity contribution is 6.22. The zero-order chi connectivity index (χ0) is 23.5. The quantitative estimate of drug-likeness (QED) is 0.572. The summed E-state index contributed by atoms with van der Waals surface area (Å²) in [4.78, 5) is 30.2. The van der Waals surface area contributed by atoms with E-state index in [9.17, 15) is 27.2 Å². The summed E-state index contributed by atoms with van der Waals surface area (Å²) in [7, 11) is 1.00. The number of carbonyl (C=O) groups is 2. The molecule has 2 fully saturated rings. The maximum atomic E-state index is 13.1. The number of benzene rings is 2. The van der Waals surface area contributed by atoms with Crippen LogP contribution in [0.3, 0.4) is 0 Å². The van der Waals surface area contributed by atoms with E-state index in [-0.39, 0.29) is 17.9 Å². The molecule has 32 heavy (non-hydrogen) atoms. The van der Waals surface area contributed by atoms with E-state index in [1.807, 2.05) is 4.90 Å². The van der Waals surface area contributed by atoms with E-state index < -0.39 is 29.6 Å². The molecular formula is C22H23F4N3O3. The molecule has 1 unspecified atom stereocenters. The number of imide groups is 1. The molecule has 0 aromatic heterocycles. The first-order valence-corrected chi connectivity index (χ1v) is 9.97. The molecular weight excluding hydrogens is 430 g/mol. The van der Waals surface area contributed by atoms with E-state index >= 15 is 0 Å². The Kier molecular flexibility index (Phi) is 7.15. The summed E-state index contributed by atoms with van der Waals surface area (Å²) in [5.41, 5.74) is -0.0975. The zero-order valence-electron chi connectivity index (χ0n) is 17.3. The number of anilines is 2. The lowest BCUT2D eigenvalue weighted by atomic mass is 10.1. The Morgan fingerprint density at radius 2 is 1.53 bits per heavy atom. The summed E-state index contributed by atoms with van der Waals surface area (Å²) < 4.78 is 52.1. The molecule has 1 N–H and O–H groups in total. The lowest BCUT2D eigenvalue weighted by Crippen LogP contribution is -2.52. The highest BCUT2D eigenvalue weighted by atomic mass is 19.4. The summed E-state index contributed by atoms with van der Waals surface area (Å²) in [6.45, 7) is 2.20. The molecule has 2 aliphatic heterocycles. The maximum Gasteiger partial charge on any atom is 0.416 e. The second-order valence-corrected chi connectivity index (χ2v) is 7.33. The number of hydrogen-bond acceptors (Lipinski definition) is 5. The van der Waals surface area contributed by atoms with Gasteiger partial charge in [-0.2, -0.15) is 13.2 Å². The molecule has 6 nitrogen and oxygen atoms in total. The molecule has 1 atom stereocenters. The van der Waals surface area contributed by atoms with Gasteiger partial charge in [0, 0.05) is 39.0 Å². The third kappa shape index (κ3) is 4.91. The summed E-state index contributed by atoms with van der Waals surface area (Å²) in [5, 5.41) is 7.00. The Bertz CT molecular complexity index is 958. The number of amides is 2. The van der Waals surface area contributed by atoms with Gasteiger partial charge in [-0.1, -0.05) is 6.07 Å². The number of aliphatic hydroxyl groups excluding tert-OH is 1. The Morgan fingerprint density at radius 1 is 0.906 bits per heavy atom. The van der Waals surface area contributed by atoms with Crippen molar-refractivity contribution in [2.24, 2.45) is 0 Å². The largest absolute Gasteiger partial charge is 0.416 e. The van der Waals surface area contributed by atoms with Crippen LogP contribution in [0, 0.1) is 5.82 Å². The maximum absolute atomic E-state index is 13.1. The van der Waals surface area contributed by atoms with Crippen molar-refractivity contribution in [3.8, 4) is 0 Å². The van der Waals surface area contributed by atoms with E-state index in [4.69, 9.17) is 5.11 Å². The fraction of sp³-hybridized carbons (Fsp3) is 0.364. The van der Waals surface area contributed by atoms with Crippen LogP contribution in [0.5, 0.6) is 0 Å². The first-order valence-electron chi connectivity index (χ1n) is 9.97. The van der Waals surface area contributed by atoms with E-state index in [1.54, 1.807) is 12.1 Å². The van der Waals surface area contributed by atoms with Crippen molar-refractivity contribution in [1.29, 1.82) is 0 Å². The number of hydrogen-bond donors (Lipinski definition) is 1. The third-order valence-electron chi connectivity index (χ3n) is 5.50. The van der Waals surface area contributed by atoms with Crippen LogP contribution in [0.15, 0.2) is 48.5 Å². The fourth-order valence-electron chi connectivity index (χ4n) is 3.94. The highest BCUT2D eigenvalue weighted by Gasteiger charge is 2.44. The summed E-state index contributed by atoms with van der Waals surface area (Å²) in [6.07, 6.45) is -4.62. The molecule has 2 saturated heterocycles. The lowest BCUT2D eigenvalue weighted by Gasteiger charge is -2.38.